The van der Waals surface area contributed by atoms with Crippen LogP contribution in [0.1, 0.15) is 31.9 Å². The van der Waals surface area contributed by atoms with Crippen LogP contribution in [-0.4, -0.2) is 19.3 Å². The maximum Gasteiger partial charge on any atom is 0.128 e. The molecule has 1 aliphatic heterocycles. The summed E-state index contributed by atoms with van der Waals surface area (Å²) in [6.07, 6.45) is 2.92. The van der Waals surface area contributed by atoms with E-state index < -0.39 is 0 Å². The van der Waals surface area contributed by atoms with Gasteiger partial charge in [-0.15, -0.1) is 0 Å². The van der Waals surface area contributed by atoms with Gasteiger partial charge in [-0.25, -0.2) is 0 Å². The van der Waals surface area contributed by atoms with Crippen LogP contribution in [-0.2, 0) is 0 Å². The van der Waals surface area contributed by atoms with Gasteiger partial charge in [0.2, 0.25) is 0 Å². The van der Waals surface area contributed by atoms with Gasteiger partial charge < -0.3 is 14.8 Å². The van der Waals surface area contributed by atoms with Crippen molar-refractivity contribution in [2.45, 2.75) is 32.4 Å². The van der Waals surface area contributed by atoms with Gasteiger partial charge in [0.15, 0.2) is 0 Å². The largest absolute Gasteiger partial charge is 0.491 e. The van der Waals surface area contributed by atoms with Crippen LogP contribution < -0.4 is 14.8 Å². The van der Waals surface area contributed by atoms with Gasteiger partial charge in [0.05, 0.1) is 6.04 Å². The lowest BCUT2D eigenvalue weighted by molar-refractivity contribution is 0.267. The quantitative estimate of drug-likeness (QED) is 0.784. The van der Waals surface area contributed by atoms with Crippen molar-refractivity contribution in [2.75, 3.05) is 13.2 Å². The molecule has 3 heteroatoms. The van der Waals surface area contributed by atoms with Gasteiger partial charge in [0, 0.05) is 11.6 Å². The summed E-state index contributed by atoms with van der Waals surface area (Å²) in [7, 11) is 0. The number of fused-ring (bicyclic) bond motifs is 1. The van der Waals surface area contributed by atoms with Crippen LogP contribution in [0.25, 0.3) is 0 Å². The van der Waals surface area contributed by atoms with Crippen LogP contribution in [0.5, 0.6) is 11.5 Å². The number of nitrogens with one attached hydrogen (secondary N) is 1. The van der Waals surface area contributed by atoms with Crippen LogP contribution in [0.15, 0.2) is 30.9 Å². The molecular weight excluding hydrogens is 226 g/mol. The predicted octanol–water partition coefficient (Wildman–Crippen LogP) is 3.07. The minimum absolute atomic E-state index is 0.0125. The fourth-order valence-electron chi connectivity index (χ4n) is 2.01. The Labute approximate surface area is 109 Å². The van der Waals surface area contributed by atoms with Crippen molar-refractivity contribution in [1.82, 2.24) is 5.32 Å². The Balaban J connectivity index is 2.07. The minimum atomic E-state index is 0.0125. The molecule has 3 nitrogen and oxygen atoms in total. The van der Waals surface area contributed by atoms with E-state index in [1.165, 1.54) is 5.56 Å². The van der Waals surface area contributed by atoms with E-state index >= 15 is 0 Å². The molecule has 98 valence electrons. The molecule has 1 aromatic rings. The monoisotopic (exact) mass is 247 g/mol. The van der Waals surface area contributed by atoms with Gasteiger partial charge in [-0.05, 0) is 32.0 Å². The molecule has 1 heterocycles. The molecule has 0 fully saturated rings. The van der Waals surface area contributed by atoms with Gasteiger partial charge in [-0.2, -0.15) is 0 Å². The smallest absolute Gasteiger partial charge is 0.128 e. The molecule has 0 saturated heterocycles. The zero-order valence-electron chi connectivity index (χ0n) is 11.1. The molecule has 0 radical (unpaired) electrons. The zero-order valence-corrected chi connectivity index (χ0v) is 11.1. The van der Waals surface area contributed by atoms with Crippen LogP contribution in [0, 0.1) is 0 Å². The summed E-state index contributed by atoms with van der Waals surface area (Å²) in [4.78, 5) is 0. The normalized spacial score (nSPS) is 18.9. The topological polar surface area (TPSA) is 30.5 Å². The van der Waals surface area contributed by atoms with Crippen LogP contribution in [0.3, 0.4) is 0 Å². The van der Waals surface area contributed by atoms with Gasteiger partial charge in [0.1, 0.15) is 24.2 Å². The van der Waals surface area contributed by atoms with Crippen LogP contribution in [0.4, 0.5) is 0 Å². The zero-order chi connectivity index (χ0) is 13.0. The Morgan fingerprint density at radius 1 is 1.61 bits per heavy atom. The number of hydrogen-bond acceptors (Lipinski definition) is 3. The van der Waals surface area contributed by atoms with Gasteiger partial charge in [-0.3, -0.25) is 0 Å². The third kappa shape index (κ3) is 2.85. The highest BCUT2D eigenvalue weighted by atomic mass is 16.5. The lowest BCUT2D eigenvalue weighted by atomic mass is 10.1. The first-order valence-electron chi connectivity index (χ1n) is 6.54. The second-order valence-corrected chi connectivity index (χ2v) is 4.58. The van der Waals surface area contributed by atoms with Crippen molar-refractivity contribution in [3.05, 3.63) is 36.4 Å². The fraction of sp³-hybridized carbons (Fsp3) is 0.467. The van der Waals surface area contributed by atoms with E-state index in [9.17, 15) is 0 Å². The molecule has 0 saturated carbocycles. The average molecular weight is 247 g/mol. The molecule has 2 atom stereocenters. The third-order valence-electron chi connectivity index (χ3n) is 3.06. The molecule has 2 unspecified atom stereocenters. The van der Waals surface area contributed by atoms with E-state index in [4.69, 9.17) is 9.47 Å². The van der Waals surface area contributed by atoms with E-state index in [1.54, 1.807) is 6.08 Å². The summed E-state index contributed by atoms with van der Waals surface area (Å²) in [5.74, 6) is 1.76. The van der Waals surface area contributed by atoms with Crippen molar-refractivity contribution in [2.24, 2.45) is 0 Å². The molecular formula is C15H21NO2. The summed E-state index contributed by atoms with van der Waals surface area (Å²) in [5.41, 5.74) is 1.22. The van der Waals surface area contributed by atoms with Crippen molar-refractivity contribution in [1.29, 1.82) is 0 Å². The fourth-order valence-corrected chi connectivity index (χ4v) is 2.01. The maximum atomic E-state index is 5.70. The van der Waals surface area contributed by atoms with Gasteiger partial charge in [-0.1, -0.05) is 19.6 Å². The number of ether oxygens (including phenoxy) is 2. The lowest BCUT2D eigenvalue weighted by Crippen LogP contribution is -2.22. The summed E-state index contributed by atoms with van der Waals surface area (Å²) in [5, 5.41) is 3.48. The van der Waals surface area contributed by atoms with Crippen molar-refractivity contribution in [3.8, 4) is 11.5 Å². The number of hydrogen-bond donors (Lipinski definition) is 1. The van der Waals surface area contributed by atoms with Crippen molar-refractivity contribution in [3.63, 3.8) is 0 Å². The summed E-state index contributed by atoms with van der Waals surface area (Å²) in [6, 6.07) is 6.35. The minimum Gasteiger partial charge on any atom is -0.491 e. The molecule has 18 heavy (non-hydrogen) atoms. The number of rotatable bonds is 6. The molecule has 1 N–H and O–H groups in total. The SMILES string of the molecule is C=CC(C)Oc1ccc2c(c1)OCC2NCCC. The third-order valence-corrected chi connectivity index (χ3v) is 3.06. The summed E-state index contributed by atoms with van der Waals surface area (Å²) >= 11 is 0. The van der Waals surface area contributed by atoms with E-state index in [-0.39, 0.29) is 6.10 Å². The molecule has 0 spiro atoms. The standard InChI is InChI=1S/C15H21NO2/c1-4-8-16-14-10-17-15-9-12(6-7-13(14)15)18-11(3)5-2/h5-7,9,11,14,16H,2,4,8,10H2,1,3H3. The van der Waals surface area contributed by atoms with Crippen molar-refractivity contribution >= 4 is 0 Å². The Bertz CT molecular complexity index is 417. The Hall–Kier alpha value is -1.48. The average Bonchev–Trinajstić information content (AvgIpc) is 2.78. The molecule has 0 aliphatic carbocycles. The van der Waals surface area contributed by atoms with Crippen molar-refractivity contribution < 1.29 is 9.47 Å². The van der Waals surface area contributed by atoms with E-state index in [2.05, 4.69) is 24.9 Å². The van der Waals surface area contributed by atoms with E-state index in [0.29, 0.717) is 12.6 Å². The Morgan fingerprint density at radius 2 is 2.44 bits per heavy atom. The second-order valence-electron chi connectivity index (χ2n) is 4.58. The molecule has 0 bridgehead atoms. The highest BCUT2D eigenvalue weighted by Crippen LogP contribution is 2.35. The molecule has 0 aromatic heterocycles. The van der Waals surface area contributed by atoms with E-state index in [1.807, 2.05) is 19.1 Å². The van der Waals surface area contributed by atoms with Crippen LogP contribution in [0.2, 0.25) is 0 Å². The van der Waals surface area contributed by atoms with E-state index in [0.717, 1.165) is 24.5 Å². The first kappa shape index (κ1) is 13.0. The van der Waals surface area contributed by atoms with Gasteiger partial charge >= 0.3 is 0 Å². The summed E-state index contributed by atoms with van der Waals surface area (Å²) in [6.45, 7) is 9.56. The Kier molecular flexibility index (Phi) is 4.26. The number of benzene rings is 1. The summed E-state index contributed by atoms with van der Waals surface area (Å²) < 4.78 is 11.4. The molecule has 1 aliphatic rings. The molecule has 0 amide bonds. The first-order chi connectivity index (χ1) is 8.74. The Morgan fingerprint density at radius 3 is 3.17 bits per heavy atom. The highest BCUT2D eigenvalue weighted by Gasteiger charge is 2.23. The maximum absolute atomic E-state index is 5.70. The second kappa shape index (κ2) is 5.91. The lowest BCUT2D eigenvalue weighted by Gasteiger charge is -2.12. The first-order valence-corrected chi connectivity index (χ1v) is 6.54. The molecule has 2 rings (SSSR count). The van der Waals surface area contributed by atoms with Gasteiger partial charge in [0.25, 0.3) is 0 Å². The predicted molar refractivity (Wildman–Crippen MR) is 73.3 cm³/mol. The molecule has 1 aromatic carbocycles. The highest BCUT2D eigenvalue weighted by molar-refractivity contribution is 5.45. The van der Waals surface area contributed by atoms with Crippen LogP contribution >= 0.6 is 0 Å².